The number of hydrogen-bond donors (Lipinski definition) is 0. The summed E-state index contributed by atoms with van der Waals surface area (Å²) in [6.45, 7) is 0. The number of hydrogen-bond acceptors (Lipinski definition) is 1. The highest BCUT2D eigenvalue weighted by molar-refractivity contribution is 6.35. The molecule has 0 amide bonds. The lowest BCUT2D eigenvalue weighted by Crippen LogP contribution is -1.85. The smallest absolute Gasteiger partial charge is 0.134 e. The molecule has 4 heteroatoms. The van der Waals surface area contributed by atoms with Crippen molar-refractivity contribution in [2.45, 2.75) is 0 Å². The summed E-state index contributed by atoms with van der Waals surface area (Å²) in [7, 11) is 0. The van der Waals surface area contributed by atoms with Crippen LogP contribution in [0.4, 0.5) is 4.39 Å². The van der Waals surface area contributed by atoms with Crippen molar-refractivity contribution in [3.05, 3.63) is 52.5 Å². The molecule has 0 aliphatic heterocycles. The highest BCUT2D eigenvalue weighted by atomic mass is 35.5. The van der Waals surface area contributed by atoms with E-state index in [9.17, 15) is 4.39 Å². The minimum Gasteiger partial charge on any atom is -0.264 e. The summed E-state index contributed by atoms with van der Waals surface area (Å²) in [5, 5.41) is 0.946. The van der Waals surface area contributed by atoms with Crippen molar-refractivity contribution in [1.82, 2.24) is 4.98 Å². The number of pyridine rings is 1. The maximum absolute atomic E-state index is 13.4. The molecule has 0 fully saturated rings. The molecule has 0 N–H and O–H groups in total. The van der Waals surface area contributed by atoms with Crippen molar-refractivity contribution < 1.29 is 4.39 Å². The molecule has 0 atom stereocenters. The van der Waals surface area contributed by atoms with Gasteiger partial charge in [-0.2, -0.15) is 0 Å². The molecular weight excluding hydrogens is 236 g/mol. The van der Waals surface area contributed by atoms with Crippen LogP contribution in [0.2, 0.25) is 10.0 Å². The Balaban J connectivity index is 2.59. The van der Waals surface area contributed by atoms with Gasteiger partial charge in [0.2, 0.25) is 0 Å². The summed E-state index contributed by atoms with van der Waals surface area (Å²) in [5.74, 6) is -0.344. The summed E-state index contributed by atoms with van der Waals surface area (Å²) >= 11 is 11.7. The largest absolute Gasteiger partial charge is 0.264 e. The van der Waals surface area contributed by atoms with E-state index in [1.165, 1.54) is 18.5 Å². The van der Waals surface area contributed by atoms with Crippen LogP contribution < -0.4 is 0 Å². The molecule has 15 heavy (non-hydrogen) atoms. The molecule has 1 heterocycles. The van der Waals surface area contributed by atoms with Gasteiger partial charge in [0, 0.05) is 28.0 Å². The zero-order chi connectivity index (χ0) is 10.8. The van der Waals surface area contributed by atoms with Crippen molar-refractivity contribution in [2.24, 2.45) is 0 Å². The van der Waals surface area contributed by atoms with Gasteiger partial charge in [-0.25, -0.2) is 4.39 Å². The molecule has 0 unspecified atom stereocenters. The van der Waals surface area contributed by atoms with Crippen molar-refractivity contribution in [3.8, 4) is 11.1 Å². The molecule has 0 bridgehead atoms. The normalized spacial score (nSPS) is 10.3. The van der Waals surface area contributed by atoms with Gasteiger partial charge in [0.15, 0.2) is 0 Å². The van der Waals surface area contributed by atoms with E-state index in [-0.39, 0.29) is 5.82 Å². The lowest BCUT2D eigenvalue weighted by atomic mass is 10.1. The van der Waals surface area contributed by atoms with E-state index >= 15 is 0 Å². The fourth-order valence-corrected chi connectivity index (χ4v) is 1.83. The molecule has 0 saturated heterocycles. The zero-order valence-electron chi connectivity index (χ0n) is 7.55. The molecule has 76 valence electrons. The summed E-state index contributed by atoms with van der Waals surface area (Å²) in [4.78, 5) is 3.86. The van der Waals surface area contributed by atoms with Crippen LogP contribution in [0.1, 0.15) is 0 Å². The highest BCUT2D eigenvalue weighted by Crippen LogP contribution is 2.28. The minimum absolute atomic E-state index is 0.344. The van der Waals surface area contributed by atoms with Gasteiger partial charge in [0.1, 0.15) is 5.82 Å². The first-order chi connectivity index (χ1) is 7.16. The molecule has 2 rings (SSSR count). The molecule has 0 spiro atoms. The molecule has 0 saturated carbocycles. The predicted octanol–water partition coefficient (Wildman–Crippen LogP) is 4.19. The third-order valence-electron chi connectivity index (χ3n) is 1.94. The van der Waals surface area contributed by atoms with E-state index < -0.39 is 0 Å². The number of benzene rings is 1. The number of aromatic nitrogens is 1. The van der Waals surface area contributed by atoms with E-state index in [4.69, 9.17) is 23.2 Å². The van der Waals surface area contributed by atoms with Crippen LogP contribution in [0.25, 0.3) is 11.1 Å². The van der Waals surface area contributed by atoms with E-state index in [0.29, 0.717) is 21.2 Å². The van der Waals surface area contributed by atoms with Gasteiger partial charge in [-0.1, -0.05) is 23.2 Å². The molecule has 1 nitrogen and oxygen atoms in total. The first-order valence-corrected chi connectivity index (χ1v) is 4.98. The molecule has 2 aromatic rings. The molecule has 1 aromatic carbocycles. The van der Waals surface area contributed by atoms with Gasteiger partial charge >= 0.3 is 0 Å². The predicted molar refractivity (Wildman–Crippen MR) is 59.7 cm³/mol. The van der Waals surface area contributed by atoms with Crippen LogP contribution in [-0.4, -0.2) is 4.98 Å². The average molecular weight is 242 g/mol. The van der Waals surface area contributed by atoms with Gasteiger partial charge in [-0.15, -0.1) is 0 Å². The lowest BCUT2D eigenvalue weighted by molar-refractivity contribution is 0.629. The quantitative estimate of drug-likeness (QED) is 0.730. The Morgan fingerprint density at radius 2 is 1.73 bits per heavy atom. The Kier molecular flexibility index (Phi) is 2.89. The Hall–Kier alpha value is -1.12. The maximum Gasteiger partial charge on any atom is 0.134 e. The van der Waals surface area contributed by atoms with Crippen LogP contribution >= 0.6 is 23.2 Å². The van der Waals surface area contributed by atoms with Crippen LogP contribution in [0, 0.1) is 5.82 Å². The second-order valence-electron chi connectivity index (χ2n) is 3.01. The number of halogens is 3. The van der Waals surface area contributed by atoms with E-state index in [2.05, 4.69) is 4.98 Å². The molecule has 0 aliphatic carbocycles. The highest BCUT2D eigenvalue weighted by Gasteiger charge is 2.06. The fraction of sp³-hybridized carbons (Fsp3) is 0. The Morgan fingerprint density at radius 3 is 2.33 bits per heavy atom. The minimum atomic E-state index is -0.344. The van der Waals surface area contributed by atoms with Gasteiger partial charge in [-0.3, -0.25) is 4.98 Å². The Morgan fingerprint density at radius 1 is 1.07 bits per heavy atom. The summed E-state index contributed by atoms with van der Waals surface area (Å²) in [5.41, 5.74) is 1.01. The van der Waals surface area contributed by atoms with Gasteiger partial charge in [-0.05, 0) is 29.8 Å². The van der Waals surface area contributed by atoms with E-state index in [1.54, 1.807) is 18.2 Å². The van der Waals surface area contributed by atoms with Crippen LogP contribution in [0.5, 0.6) is 0 Å². The average Bonchev–Trinajstić information content (AvgIpc) is 2.16. The van der Waals surface area contributed by atoms with Crippen molar-refractivity contribution >= 4 is 23.2 Å². The van der Waals surface area contributed by atoms with Crippen molar-refractivity contribution in [2.75, 3.05) is 0 Å². The van der Waals surface area contributed by atoms with Crippen molar-refractivity contribution in [3.63, 3.8) is 0 Å². The fourth-order valence-electron chi connectivity index (χ4n) is 1.30. The third kappa shape index (κ3) is 2.28. The molecule has 0 radical (unpaired) electrons. The van der Waals surface area contributed by atoms with E-state index in [0.717, 1.165) is 0 Å². The van der Waals surface area contributed by atoms with Crippen LogP contribution in [-0.2, 0) is 0 Å². The lowest BCUT2D eigenvalue weighted by Gasteiger charge is -2.03. The first-order valence-electron chi connectivity index (χ1n) is 4.23. The van der Waals surface area contributed by atoms with Gasteiger partial charge in [0.25, 0.3) is 0 Å². The number of rotatable bonds is 1. The van der Waals surface area contributed by atoms with Crippen molar-refractivity contribution in [1.29, 1.82) is 0 Å². The maximum atomic E-state index is 13.4. The summed E-state index contributed by atoms with van der Waals surface area (Å²) < 4.78 is 13.4. The SMILES string of the molecule is Fc1ccncc1-c1cc(Cl)cc(Cl)c1. The summed E-state index contributed by atoms with van der Waals surface area (Å²) in [6.07, 6.45) is 2.84. The van der Waals surface area contributed by atoms with Crippen LogP contribution in [0.3, 0.4) is 0 Å². The zero-order valence-corrected chi connectivity index (χ0v) is 9.06. The molecule has 1 aromatic heterocycles. The van der Waals surface area contributed by atoms with Crippen LogP contribution in [0.15, 0.2) is 36.7 Å². The Bertz CT molecular complexity index is 479. The third-order valence-corrected chi connectivity index (χ3v) is 2.38. The second-order valence-corrected chi connectivity index (χ2v) is 3.89. The van der Waals surface area contributed by atoms with Gasteiger partial charge in [0.05, 0.1) is 0 Å². The standard InChI is InChI=1S/C11H6Cl2FN/c12-8-3-7(4-9(13)5-8)10-6-15-2-1-11(10)14/h1-6H. The molecular formula is C11H6Cl2FN. The monoisotopic (exact) mass is 241 g/mol. The summed E-state index contributed by atoms with van der Waals surface area (Å²) in [6, 6.07) is 6.19. The van der Waals surface area contributed by atoms with E-state index in [1.807, 2.05) is 0 Å². The first kappa shape index (κ1) is 10.4. The topological polar surface area (TPSA) is 12.9 Å². The number of nitrogens with zero attached hydrogens (tertiary/aromatic N) is 1. The molecule has 0 aliphatic rings. The van der Waals surface area contributed by atoms with Gasteiger partial charge < -0.3 is 0 Å². The Labute approximate surface area is 96.5 Å². The second kappa shape index (κ2) is 4.17.